The first-order valence-electron chi connectivity index (χ1n) is 6.47. The standard InChI is InChI=1S/C13H24N2/c1-2-9-15-10-8-14-11-13(15)12-6-4-3-5-7-12/h2,12-14H,1,3-11H2. The van der Waals surface area contributed by atoms with Gasteiger partial charge in [-0.3, -0.25) is 4.90 Å². The van der Waals surface area contributed by atoms with Crippen LogP contribution in [-0.2, 0) is 0 Å². The zero-order chi connectivity index (χ0) is 10.5. The van der Waals surface area contributed by atoms with E-state index in [4.69, 9.17) is 0 Å². The molecule has 1 aliphatic carbocycles. The summed E-state index contributed by atoms with van der Waals surface area (Å²) in [5, 5.41) is 3.54. The Bertz CT molecular complexity index is 197. The van der Waals surface area contributed by atoms with Gasteiger partial charge in [-0.15, -0.1) is 6.58 Å². The molecule has 1 heterocycles. The van der Waals surface area contributed by atoms with Gasteiger partial charge < -0.3 is 5.32 Å². The molecule has 1 atom stereocenters. The molecule has 2 rings (SSSR count). The average Bonchev–Trinajstić information content (AvgIpc) is 2.31. The fourth-order valence-electron chi connectivity index (χ4n) is 3.14. The normalized spacial score (nSPS) is 30.3. The van der Waals surface area contributed by atoms with Gasteiger partial charge in [-0.25, -0.2) is 0 Å². The molecule has 0 aromatic heterocycles. The fourth-order valence-corrected chi connectivity index (χ4v) is 3.14. The SMILES string of the molecule is C=CCN1CCNCC1C1CCCCC1. The van der Waals surface area contributed by atoms with Crippen LogP contribution in [0.15, 0.2) is 12.7 Å². The average molecular weight is 208 g/mol. The molecule has 86 valence electrons. The summed E-state index contributed by atoms with van der Waals surface area (Å²) in [5.41, 5.74) is 0. The molecule has 0 amide bonds. The largest absolute Gasteiger partial charge is 0.314 e. The molecule has 1 saturated heterocycles. The predicted octanol–water partition coefficient (Wildman–Crippen LogP) is 2.03. The Morgan fingerprint density at radius 2 is 2.07 bits per heavy atom. The Balaban J connectivity index is 1.93. The van der Waals surface area contributed by atoms with Gasteiger partial charge in [0.1, 0.15) is 0 Å². The van der Waals surface area contributed by atoms with Gasteiger partial charge in [-0.05, 0) is 18.8 Å². The van der Waals surface area contributed by atoms with Crippen LogP contribution in [0.25, 0.3) is 0 Å². The molecule has 1 saturated carbocycles. The Kier molecular flexibility index (Phi) is 4.21. The maximum atomic E-state index is 3.87. The van der Waals surface area contributed by atoms with E-state index in [9.17, 15) is 0 Å². The lowest BCUT2D eigenvalue weighted by Gasteiger charge is -2.41. The Morgan fingerprint density at radius 1 is 1.27 bits per heavy atom. The van der Waals surface area contributed by atoms with E-state index in [2.05, 4.69) is 22.9 Å². The molecule has 0 bridgehead atoms. The molecule has 1 unspecified atom stereocenters. The molecule has 2 aliphatic rings. The molecule has 0 spiro atoms. The molecule has 0 aromatic carbocycles. The van der Waals surface area contributed by atoms with E-state index in [0.717, 1.165) is 25.0 Å². The highest BCUT2D eigenvalue weighted by Gasteiger charge is 2.29. The summed E-state index contributed by atoms with van der Waals surface area (Å²) in [6.45, 7) is 8.49. The third kappa shape index (κ3) is 2.82. The van der Waals surface area contributed by atoms with Crippen molar-refractivity contribution in [3.8, 4) is 0 Å². The van der Waals surface area contributed by atoms with E-state index in [1.807, 2.05) is 0 Å². The van der Waals surface area contributed by atoms with Gasteiger partial charge in [-0.2, -0.15) is 0 Å². The molecular weight excluding hydrogens is 184 g/mol. The second kappa shape index (κ2) is 5.66. The molecule has 1 N–H and O–H groups in total. The van der Waals surface area contributed by atoms with Crippen molar-refractivity contribution >= 4 is 0 Å². The summed E-state index contributed by atoms with van der Waals surface area (Å²) in [4.78, 5) is 2.62. The summed E-state index contributed by atoms with van der Waals surface area (Å²) >= 11 is 0. The maximum absolute atomic E-state index is 3.87. The first-order chi connectivity index (χ1) is 7.42. The molecule has 2 fully saturated rings. The van der Waals surface area contributed by atoms with Crippen molar-refractivity contribution in [1.29, 1.82) is 0 Å². The van der Waals surface area contributed by atoms with Gasteiger partial charge in [-0.1, -0.05) is 25.3 Å². The monoisotopic (exact) mass is 208 g/mol. The van der Waals surface area contributed by atoms with Crippen LogP contribution in [0, 0.1) is 5.92 Å². The highest BCUT2D eigenvalue weighted by molar-refractivity contribution is 4.89. The van der Waals surface area contributed by atoms with Gasteiger partial charge in [0.2, 0.25) is 0 Å². The molecule has 0 aromatic rings. The Morgan fingerprint density at radius 3 is 2.80 bits per heavy atom. The highest BCUT2D eigenvalue weighted by Crippen LogP contribution is 2.29. The van der Waals surface area contributed by atoms with Gasteiger partial charge in [0, 0.05) is 32.2 Å². The van der Waals surface area contributed by atoms with Crippen molar-refractivity contribution in [1.82, 2.24) is 10.2 Å². The van der Waals surface area contributed by atoms with Crippen LogP contribution in [0.3, 0.4) is 0 Å². The lowest BCUT2D eigenvalue weighted by atomic mass is 9.82. The summed E-state index contributed by atoms with van der Waals surface area (Å²) in [6, 6.07) is 0.775. The van der Waals surface area contributed by atoms with E-state index in [1.54, 1.807) is 0 Å². The van der Waals surface area contributed by atoms with Gasteiger partial charge in [0.05, 0.1) is 0 Å². The molecule has 1 aliphatic heterocycles. The lowest BCUT2D eigenvalue weighted by molar-refractivity contribution is 0.104. The number of rotatable bonds is 3. The van der Waals surface area contributed by atoms with Gasteiger partial charge in [0.25, 0.3) is 0 Å². The number of piperazine rings is 1. The number of hydrogen-bond acceptors (Lipinski definition) is 2. The summed E-state index contributed by atoms with van der Waals surface area (Å²) in [7, 11) is 0. The van der Waals surface area contributed by atoms with Crippen molar-refractivity contribution in [2.24, 2.45) is 5.92 Å². The summed E-state index contributed by atoms with van der Waals surface area (Å²) < 4.78 is 0. The van der Waals surface area contributed by atoms with Crippen LogP contribution in [0.2, 0.25) is 0 Å². The zero-order valence-electron chi connectivity index (χ0n) is 9.75. The zero-order valence-corrected chi connectivity index (χ0v) is 9.75. The van der Waals surface area contributed by atoms with E-state index in [0.29, 0.717) is 0 Å². The minimum absolute atomic E-state index is 0.775. The minimum Gasteiger partial charge on any atom is -0.314 e. The highest BCUT2D eigenvalue weighted by atomic mass is 15.2. The second-order valence-electron chi connectivity index (χ2n) is 4.95. The third-order valence-electron chi connectivity index (χ3n) is 3.96. The van der Waals surface area contributed by atoms with E-state index in [-0.39, 0.29) is 0 Å². The molecule has 2 heteroatoms. The smallest absolute Gasteiger partial charge is 0.0252 e. The van der Waals surface area contributed by atoms with Gasteiger partial charge in [0.15, 0.2) is 0 Å². The summed E-state index contributed by atoms with van der Waals surface area (Å²) in [6.07, 6.45) is 9.30. The topological polar surface area (TPSA) is 15.3 Å². The van der Waals surface area contributed by atoms with Crippen LogP contribution in [0.4, 0.5) is 0 Å². The van der Waals surface area contributed by atoms with E-state index in [1.165, 1.54) is 45.2 Å². The molecule has 2 nitrogen and oxygen atoms in total. The number of nitrogens with one attached hydrogen (secondary N) is 1. The number of nitrogens with zero attached hydrogens (tertiary/aromatic N) is 1. The maximum Gasteiger partial charge on any atom is 0.0252 e. The first kappa shape index (κ1) is 11.2. The number of hydrogen-bond donors (Lipinski definition) is 1. The predicted molar refractivity (Wildman–Crippen MR) is 65.0 cm³/mol. The third-order valence-corrected chi connectivity index (χ3v) is 3.96. The molecular formula is C13H24N2. The first-order valence-corrected chi connectivity index (χ1v) is 6.47. The molecule has 15 heavy (non-hydrogen) atoms. The van der Waals surface area contributed by atoms with Crippen molar-refractivity contribution in [3.05, 3.63) is 12.7 Å². The quantitative estimate of drug-likeness (QED) is 0.714. The lowest BCUT2D eigenvalue weighted by Crippen LogP contribution is -2.54. The minimum atomic E-state index is 0.775. The van der Waals surface area contributed by atoms with Crippen LogP contribution < -0.4 is 5.32 Å². The van der Waals surface area contributed by atoms with Crippen molar-refractivity contribution in [3.63, 3.8) is 0 Å². The fraction of sp³-hybridized carbons (Fsp3) is 0.846. The summed E-state index contributed by atoms with van der Waals surface area (Å²) in [5.74, 6) is 0.937. The molecule has 0 radical (unpaired) electrons. The second-order valence-corrected chi connectivity index (χ2v) is 4.95. The van der Waals surface area contributed by atoms with Crippen molar-refractivity contribution < 1.29 is 0 Å². The van der Waals surface area contributed by atoms with E-state index >= 15 is 0 Å². The van der Waals surface area contributed by atoms with Crippen LogP contribution in [0.1, 0.15) is 32.1 Å². The van der Waals surface area contributed by atoms with Crippen molar-refractivity contribution in [2.75, 3.05) is 26.2 Å². The van der Waals surface area contributed by atoms with Crippen LogP contribution in [-0.4, -0.2) is 37.1 Å². The van der Waals surface area contributed by atoms with E-state index < -0.39 is 0 Å². The Labute approximate surface area is 93.7 Å². The van der Waals surface area contributed by atoms with Crippen molar-refractivity contribution in [2.45, 2.75) is 38.1 Å². The van der Waals surface area contributed by atoms with Crippen LogP contribution >= 0.6 is 0 Å². The van der Waals surface area contributed by atoms with Gasteiger partial charge >= 0.3 is 0 Å². The Hall–Kier alpha value is -0.340. The van der Waals surface area contributed by atoms with Crippen LogP contribution in [0.5, 0.6) is 0 Å².